The summed E-state index contributed by atoms with van der Waals surface area (Å²) in [7, 11) is 0. The van der Waals surface area contributed by atoms with E-state index in [1.165, 1.54) is 6.42 Å². The van der Waals surface area contributed by atoms with Crippen LogP contribution in [0.15, 0.2) is 18.2 Å². The number of benzene rings is 1. The van der Waals surface area contributed by atoms with Gasteiger partial charge in [0.05, 0.1) is 6.10 Å². The highest BCUT2D eigenvalue weighted by atomic mass is 16.7. The number of nitrogens with one attached hydrogen (secondary N) is 1. The van der Waals surface area contributed by atoms with E-state index >= 15 is 0 Å². The van der Waals surface area contributed by atoms with Crippen LogP contribution >= 0.6 is 0 Å². The molecule has 4 rings (SSSR count). The van der Waals surface area contributed by atoms with Crippen molar-refractivity contribution in [2.45, 2.75) is 18.9 Å². The van der Waals surface area contributed by atoms with Gasteiger partial charge in [0.1, 0.15) is 0 Å². The number of rotatable bonds is 3. The van der Waals surface area contributed by atoms with Crippen molar-refractivity contribution in [1.29, 1.82) is 0 Å². The van der Waals surface area contributed by atoms with Crippen molar-refractivity contribution in [2.24, 2.45) is 0 Å². The Labute approximate surface area is 141 Å². The van der Waals surface area contributed by atoms with Gasteiger partial charge in [0.25, 0.3) is 0 Å². The minimum atomic E-state index is -0.0642. The van der Waals surface area contributed by atoms with Gasteiger partial charge in [-0.15, -0.1) is 0 Å². The zero-order chi connectivity index (χ0) is 16.4. The third-order valence-electron chi connectivity index (χ3n) is 4.77. The summed E-state index contributed by atoms with van der Waals surface area (Å²) in [4.78, 5) is 16.7. The zero-order valence-corrected chi connectivity index (χ0v) is 13.7. The fourth-order valence-corrected chi connectivity index (χ4v) is 3.39. The molecule has 2 saturated heterocycles. The molecular weight excluding hydrogens is 310 g/mol. The molecule has 3 heterocycles. The van der Waals surface area contributed by atoms with E-state index in [4.69, 9.17) is 14.2 Å². The number of ether oxygens (including phenoxy) is 3. The molecular formula is C17H23N3O4. The van der Waals surface area contributed by atoms with Crippen molar-refractivity contribution < 1.29 is 19.0 Å². The first-order chi connectivity index (χ1) is 11.8. The van der Waals surface area contributed by atoms with Crippen LogP contribution in [-0.4, -0.2) is 68.1 Å². The molecule has 0 spiro atoms. The summed E-state index contributed by atoms with van der Waals surface area (Å²) in [6.45, 7) is 5.38. The minimum Gasteiger partial charge on any atom is -0.454 e. The van der Waals surface area contributed by atoms with Crippen LogP contribution in [0.1, 0.15) is 12.8 Å². The molecule has 0 saturated carbocycles. The number of carbonyl (C=O) groups excluding carboxylic acids is 1. The van der Waals surface area contributed by atoms with Gasteiger partial charge in [0.15, 0.2) is 11.5 Å². The largest absolute Gasteiger partial charge is 0.454 e. The molecule has 0 aromatic heterocycles. The molecule has 7 heteroatoms. The fraction of sp³-hybridized carbons (Fsp3) is 0.588. The van der Waals surface area contributed by atoms with E-state index < -0.39 is 0 Å². The number of fused-ring (bicyclic) bond motifs is 1. The van der Waals surface area contributed by atoms with Gasteiger partial charge in [-0.05, 0) is 25.0 Å². The third-order valence-corrected chi connectivity index (χ3v) is 4.77. The van der Waals surface area contributed by atoms with Gasteiger partial charge in [0.2, 0.25) is 6.79 Å². The van der Waals surface area contributed by atoms with Crippen molar-refractivity contribution in [2.75, 3.05) is 51.4 Å². The summed E-state index contributed by atoms with van der Waals surface area (Å²) in [5.41, 5.74) is 0.728. The van der Waals surface area contributed by atoms with Gasteiger partial charge in [0, 0.05) is 51.1 Å². The van der Waals surface area contributed by atoms with Crippen LogP contribution in [0.25, 0.3) is 0 Å². The number of amides is 2. The molecule has 7 nitrogen and oxygen atoms in total. The molecule has 2 amide bonds. The number of piperazine rings is 1. The summed E-state index contributed by atoms with van der Waals surface area (Å²) in [5.74, 6) is 1.39. The van der Waals surface area contributed by atoms with Crippen molar-refractivity contribution in [1.82, 2.24) is 9.80 Å². The highest BCUT2D eigenvalue weighted by Gasteiger charge is 2.25. The number of nitrogens with zero attached hydrogens (tertiary/aromatic N) is 2. The fourth-order valence-electron chi connectivity index (χ4n) is 3.39. The lowest BCUT2D eigenvalue weighted by atomic mass is 10.2. The number of hydrogen-bond acceptors (Lipinski definition) is 5. The first-order valence-electron chi connectivity index (χ1n) is 8.57. The number of hydrogen-bond donors (Lipinski definition) is 1. The first kappa shape index (κ1) is 15.5. The van der Waals surface area contributed by atoms with Crippen LogP contribution in [0.3, 0.4) is 0 Å². The van der Waals surface area contributed by atoms with Gasteiger partial charge >= 0.3 is 6.03 Å². The Morgan fingerprint density at radius 2 is 2.00 bits per heavy atom. The molecule has 1 aromatic carbocycles. The predicted octanol–water partition coefficient (Wildman–Crippen LogP) is 1.74. The topological polar surface area (TPSA) is 63.3 Å². The Morgan fingerprint density at radius 1 is 1.17 bits per heavy atom. The maximum absolute atomic E-state index is 12.4. The van der Waals surface area contributed by atoms with Gasteiger partial charge in [-0.1, -0.05) is 0 Å². The second-order valence-electron chi connectivity index (χ2n) is 6.42. The smallest absolute Gasteiger partial charge is 0.321 e. The molecule has 2 fully saturated rings. The summed E-state index contributed by atoms with van der Waals surface area (Å²) in [5, 5.41) is 2.94. The maximum Gasteiger partial charge on any atom is 0.321 e. The van der Waals surface area contributed by atoms with Crippen LogP contribution in [0.4, 0.5) is 10.5 Å². The Morgan fingerprint density at radius 3 is 2.79 bits per heavy atom. The monoisotopic (exact) mass is 333 g/mol. The van der Waals surface area contributed by atoms with Gasteiger partial charge in [-0.25, -0.2) is 4.79 Å². The molecule has 24 heavy (non-hydrogen) atoms. The Balaban J connectivity index is 1.27. The maximum atomic E-state index is 12.4. The predicted molar refractivity (Wildman–Crippen MR) is 88.6 cm³/mol. The summed E-state index contributed by atoms with van der Waals surface area (Å²) in [6.07, 6.45) is 2.70. The van der Waals surface area contributed by atoms with E-state index in [-0.39, 0.29) is 12.8 Å². The lowest BCUT2D eigenvalue weighted by Crippen LogP contribution is -2.51. The standard InChI is InChI=1S/C17H23N3O4/c21-17(18-13-3-4-15-16(10-13)24-12-23-15)20-7-5-19(6-8-20)11-14-2-1-9-22-14/h3-4,10,14H,1-2,5-9,11-12H2,(H,18,21). The zero-order valence-electron chi connectivity index (χ0n) is 13.7. The summed E-state index contributed by atoms with van der Waals surface area (Å²) in [6, 6.07) is 5.38. The quantitative estimate of drug-likeness (QED) is 0.913. The Kier molecular flexibility index (Phi) is 4.44. The molecule has 3 aliphatic heterocycles. The van der Waals surface area contributed by atoms with Crippen molar-refractivity contribution in [3.8, 4) is 11.5 Å². The molecule has 130 valence electrons. The summed E-state index contributed by atoms with van der Waals surface area (Å²) >= 11 is 0. The van der Waals surface area contributed by atoms with Crippen LogP contribution < -0.4 is 14.8 Å². The number of carbonyl (C=O) groups is 1. The van der Waals surface area contributed by atoms with Gasteiger partial charge in [-0.2, -0.15) is 0 Å². The number of urea groups is 1. The van der Waals surface area contributed by atoms with Crippen molar-refractivity contribution in [3.05, 3.63) is 18.2 Å². The average Bonchev–Trinajstić information content (AvgIpc) is 3.26. The molecule has 1 N–H and O–H groups in total. The summed E-state index contributed by atoms with van der Waals surface area (Å²) < 4.78 is 16.3. The Hall–Kier alpha value is -1.99. The molecule has 0 radical (unpaired) electrons. The van der Waals surface area contributed by atoms with Crippen LogP contribution in [0.2, 0.25) is 0 Å². The molecule has 1 atom stereocenters. The third kappa shape index (κ3) is 3.42. The normalized spacial score (nSPS) is 23.5. The molecule has 1 aromatic rings. The average molecular weight is 333 g/mol. The minimum absolute atomic E-state index is 0.0642. The van der Waals surface area contributed by atoms with E-state index in [2.05, 4.69) is 10.2 Å². The lowest BCUT2D eigenvalue weighted by molar-refractivity contribution is 0.0572. The molecule has 3 aliphatic rings. The van der Waals surface area contributed by atoms with Gasteiger partial charge < -0.3 is 24.4 Å². The SMILES string of the molecule is O=C(Nc1ccc2c(c1)OCO2)N1CCN(CC2CCCO2)CC1. The molecule has 0 bridgehead atoms. The van der Waals surface area contributed by atoms with E-state index in [0.29, 0.717) is 11.9 Å². The van der Waals surface area contributed by atoms with Crippen LogP contribution in [0.5, 0.6) is 11.5 Å². The van der Waals surface area contributed by atoms with Crippen molar-refractivity contribution in [3.63, 3.8) is 0 Å². The van der Waals surface area contributed by atoms with E-state index in [9.17, 15) is 4.79 Å². The van der Waals surface area contributed by atoms with Gasteiger partial charge in [-0.3, -0.25) is 4.90 Å². The first-order valence-corrected chi connectivity index (χ1v) is 8.57. The highest BCUT2D eigenvalue weighted by Crippen LogP contribution is 2.34. The Bertz CT molecular complexity index is 595. The van der Waals surface area contributed by atoms with Crippen molar-refractivity contribution >= 4 is 11.7 Å². The van der Waals surface area contributed by atoms with E-state index in [1.54, 1.807) is 6.07 Å². The lowest BCUT2D eigenvalue weighted by Gasteiger charge is -2.35. The second kappa shape index (κ2) is 6.86. The van der Waals surface area contributed by atoms with Crippen LogP contribution in [-0.2, 0) is 4.74 Å². The van der Waals surface area contributed by atoms with Crippen LogP contribution in [0, 0.1) is 0 Å². The second-order valence-corrected chi connectivity index (χ2v) is 6.42. The highest BCUT2D eigenvalue weighted by molar-refractivity contribution is 5.89. The molecule has 1 unspecified atom stereocenters. The molecule has 0 aliphatic carbocycles. The van der Waals surface area contributed by atoms with E-state index in [1.807, 2.05) is 17.0 Å². The number of anilines is 1. The van der Waals surface area contributed by atoms with E-state index in [0.717, 1.165) is 57.2 Å².